The number of quaternary nitrogens is 1. The molecular weight excluding hydrogens is 359 g/mol. The summed E-state index contributed by atoms with van der Waals surface area (Å²) in [5.41, 5.74) is 6.63. The zero-order valence-corrected chi connectivity index (χ0v) is 14.9. The van der Waals surface area contributed by atoms with Gasteiger partial charge in [0.15, 0.2) is 0 Å². The predicted molar refractivity (Wildman–Crippen MR) is 95.5 cm³/mol. The van der Waals surface area contributed by atoms with Crippen molar-refractivity contribution in [2.75, 3.05) is 0 Å². The lowest BCUT2D eigenvalue weighted by molar-refractivity contribution is -0.307. The van der Waals surface area contributed by atoms with E-state index in [4.69, 9.17) is 5.73 Å². The van der Waals surface area contributed by atoms with Crippen LogP contribution in [0.25, 0.3) is 21.8 Å². The van der Waals surface area contributed by atoms with Crippen molar-refractivity contribution in [2.24, 2.45) is 5.73 Å². The van der Waals surface area contributed by atoms with Crippen LogP contribution in [0.4, 0.5) is 0 Å². The van der Waals surface area contributed by atoms with Crippen LogP contribution in [0.5, 0.6) is 0 Å². The van der Waals surface area contributed by atoms with Crippen LogP contribution in [0.2, 0.25) is 0 Å². The van der Waals surface area contributed by atoms with Gasteiger partial charge in [-0.2, -0.15) is 0 Å². The van der Waals surface area contributed by atoms with Crippen LogP contribution >= 0.6 is 7.60 Å². The summed E-state index contributed by atoms with van der Waals surface area (Å²) >= 11 is 0. The summed E-state index contributed by atoms with van der Waals surface area (Å²) in [5.74, 6) is -1.47. The fourth-order valence-corrected chi connectivity index (χ4v) is 3.24. The molecule has 0 radical (unpaired) electrons. The molecule has 0 aliphatic heterocycles. The van der Waals surface area contributed by atoms with E-state index in [9.17, 15) is 24.3 Å². The van der Waals surface area contributed by atoms with Crippen molar-refractivity contribution in [3.63, 3.8) is 0 Å². The highest BCUT2D eigenvalue weighted by molar-refractivity contribution is 7.50. The molecule has 0 saturated heterocycles. The number of nitrogens with zero attached hydrogens (tertiary/aromatic N) is 2. The van der Waals surface area contributed by atoms with Gasteiger partial charge in [0, 0.05) is 12.5 Å². The molecule has 0 aliphatic carbocycles. The summed E-state index contributed by atoms with van der Waals surface area (Å²) in [4.78, 5) is 38.1. The molecule has 0 amide bonds. The quantitative estimate of drug-likeness (QED) is 0.364. The SMILES string of the molecule is NC(Cc1nc2cc3ccccc3cc2nc1CP(=O)(O)O)C(=O)[O-].[NH4+]. The van der Waals surface area contributed by atoms with Crippen LogP contribution in [0.3, 0.4) is 0 Å². The first-order valence-electron chi connectivity index (χ1n) is 7.42. The van der Waals surface area contributed by atoms with Gasteiger partial charge < -0.3 is 31.6 Å². The third-order valence-corrected chi connectivity index (χ3v) is 4.47. The number of rotatable bonds is 5. The zero-order chi connectivity index (χ0) is 18.2. The largest absolute Gasteiger partial charge is 0.548 e. The Morgan fingerprint density at radius 3 is 2.08 bits per heavy atom. The number of hydrogen-bond donors (Lipinski definition) is 4. The molecule has 138 valence electrons. The maximum Gasteiger partial charge on any atom is 0.331 e. The van der Waals surface area contributed by atoms with Crippen LogP contribution in [-0.2, 0) is 21.9 Å². The van der Waals surface area contributed by atoms with Crippen LogP contribution in [0.1, 0.15) is 11.4 Å². The predicted octanol–water partition coefficient (Wildman–Crippen LogP) is 0.457. The van der Waals surface area contributed by atoms with Gasteiger partial charge in [0.05, 0.1) is 34.6 Å². The van der Waals surface area contributed by atoms with Gasteiger partial charge >= 0.3 is 7.60 Å². The Labute approximate surface area is 148 Å². The molecule has 0 spiro atoms. The molecule has 2 aromatic carbocycles. The van der Waals surface area contributed by atoms with E-state index in [-0.39, 0.29) is 24.0 Å². The van der Waals surface area contributed by atoms with Gasteiger partial charge in [-0.1, -0.05) is 24.3 Å². The first kappa shape index (κ1) is 19.9. The van der Waals surface area contributed by atoms with Gasteiger partial charge in [-0.05, 0) is 22.9 Å². The molecule has 1 atom stereocenters. The standard InChI is InChI=1S/C16H16N3O5P.H3N/c17-11(16(20)21)7-14-15(8-25(22,23)24)19-13-6-10-4-2-1-3-9(10)5-12(13)18-14;/h1-6,11H,7-8,17H2,(H,20,21)(H2,22,23,24);1H3. The molecule has 0 bridgehead atoms. The van der Waals surface area contributed by atoms with Gasteiger partial charge in [-0.3, -0.25) is 4.57 Å². The molecule has 0 aliphatic rings. The second-order valence-corrected chi connectivity index (χ2v) is 7.40. The van der Waals surface area contributed by atoms with Crippen molar-refractivity contribution >= 4 is 35.4 Å². The van der Waals surface area contributed by atoms with E-state index in [2.05, 4.69) is 9.97 Å². The lowest BCUT2D eigenvalue weighted by atomic mass is 10.1. The van der Waals surface area contributed by atoms with Crippen LogP contribution in [-0.4, -0.2) is 31.8 Å². The molecule has 26 heavy (non-hydrogen) atoms. The van der Waals surface area contributed by atoms with Crippen molar-refractivity contribution in [1.29, 1.82) is 0 Å². The van der Waals surface area contributed by atoms with Gasteiger partial charge in [-0.25, -0.2) is 9.97 Å². The third-order valence-electron chi connectivity index (χ3n) is 3.76. The summed E-state index contributed by atoms with van der Waals surface area (Å²) in [6.07, 6.45) is -0.870. The minimum atomic E-state index is -4.41. The Hall–Kier alpha value is -2.42. The van der Waals surface area contributed by atoms with Gasteiger partial charge in [0.2, 0.25) is 0 Å². The summed E-state index contributed by atoms with van der Waals surface area (Å²) in [5, 5.41) is 12.7. The number of nitrogens with two attached hydrogens (primary N) is 1. The summed E-state index contributed by atoms with van der Waals surface area (Å²) in [6.45, 7) is 0. The number of hydrogen-bond acceptors (Lipinski definition) is 6. The van der Waals surface area contributed by atoms with Gasteiger partial charge in [0.25, 0.3) is 0 Å². The number of carboxylic acids is 1. The van der Waals surface area contributed by atoms with Gasteiger partial charge in [0.1, 0.15) is 0 Å². The molecule has 1 aromatic heterocycles. The van der Waals surface area contributed by atoms with E-state index in [1.54, 1.807) is 12.1 Å². The van der Waals surface area contributed by atoms with Crippen molar-refractivity contribution in [1.82, 2.24) is 16.1 Å². The molecule has 1 heterocycles. The number of carboxylic acid groups (broad SMARTS) is 1. The van der Waals surface area contributed by atoms with E-state index in [0.717, 1.165) is 10.8 Å². The van der Waals surface area contributed by atoms with Crippen molar-refractivity contribution in [3.05, 3.63) is 47.8 Å². The molecular formula is C16H19N4O5P. The Morgan fingerprint density at radius 2 is 1.62 bits per heavy atom. The minimum Gasteiger partial charge on any atom is -0.548 e. The van der Waals surface area contributed by atoms with Crippen molar-refractivity contribution in [3.8, 4) is 0 Å². The number of benzene rings is 2. The first-order valence-corrected chi connectivity index (χ1v) is 9.22. The summed E-state index contributed by atoms with van der Waals surface area (Å²) < 4.78 is 11.4. The van der Waals surface area contributed by atoms with E-state index in [1.165, 1.54) is 0 Å². The first-order chi connectivity index (χ1) is 11.7. The van der Waals surface area contributed by atoms with Crippen LogP contribution in [0.15, 0.2) is 36.4 Å². The maximum atomic E-state index is 11.4. The number of aromatic nitrogens is 2. The Morgan fingerprint density at radius 1 is 1.12 bits per heavy atom. The Bertz CT molecular complexity index is 1020. The second-order valence-electron chi connectivity index (χ2n) is 5.76. The van der Waals surface area contributed by atoms with E-state index in [1.807, 2.05) is 24.3 Å². The lowest BCUT2D eigenvalue weighted by Crippen LogP contribution is -2.43. The number of carbonyl (C=O) groups is 1. The molecule has 1 unspecified atom stereocenters. The topological polar surface area (TPSA) is 186 Å². The molecule has 0 saturated carbocycles. The highest BCUT2D eigenvalue weighted by Crippen LogP contribution is 2.39. The highest BCUT2D eigenvalue weighted by Gasteiger charge is 2.21. The second kappa shape index (κ2) is 7.45. The van der Waals surface area contributed by atoms with E-state index in [0.29, 0.717) is 11.0 Å². The molecule has 8 N–H and O–H groups in total. The van der Waals surface area contributed by atoms with E-state index >= 15 is 0 Å². The fourth-order valence-electron chi connectivity index (χ4n) is 2.59. The Balaban J connectivity index is 0.00000243. The molecule has 10 heteroatoms. The zero-order valence-electron chi connectivity index (χ0n) is 14.0. The molecule has 9 nitrogen and oxygen atoms in total. The average molecular weight is 378 g/mol. The minimum absolute atomic E-state index is 0. The van der Waals surface area contributed by atoms with E-state index < -0.39 is 25.8 Å². The number of aliphatic carboxylic acids is 1. The van der Waals surface area contributed by atoms with Crippen LogP contribution < -0.4 is 17.0 Å². The fraction of sp³-hybridized carbons (Fsp3) is 0.188. The smallest absolute Gasteiger partial charge is 0.331 e. The summed E-state index contributed by atoms with van der Waals surface area (Å²) in [7, 11) is -4.41. The number of fused-ring (bicyclic) bond motifs is 2. The van der Waals surface area contributed by atoms with Crippen LogP contribution in [0, 0.1) is 0 Å². The van der Waals surface area contributed by atoms with Gasteiger partial charge in [-0.15, -0.1) is 0 Å². The normalized spacial score (nSPS) is 12.7. The highest BCUT2D eigenvalue weighted by atomic mass is 31.2. The molecule has 3 aromatic rings. The Kier molecular flexibility index (Phi) is 5.70. The van der Waals surface area contributed by atoms with Crippen molar-refractivity contribution in [2.45, 2.75) is 18.6 Å². The maximum absolute atomic E-state index is 11.4. The third kappa shape index (κ3) is 4.40. The molecule has 3 rings (SSSR count). The van der Waals surface area contributed by atoms with Crippen molar-refractivity contribution < 1.29 is 24.3 Å². The summed E-state index contributed by atoms with van der Waals surface area (Å²) in [6, 6.07) is 9.73. The molecule has 0 fully saturated rings. The number of carbonyl (C=O) groups excluding carboxylic acids is 1. The lowest BCUT2D eigenvalue weighted by Gasteiger charge is -2.16. The monoisotopic (exact) mass is 378 g/mol. The average Bonchev–Trinajstić information content (AvgIpc) is 2.52.